The van der Waals surface area contributed by atoms with Crippen LogP contribution in [0, 0.1) is 5.41 Å². The number of carboxylic acids is 1. The van der Waals surface area contributed by atoms with Gasteiger partial charge in [-0.25, -0.2) is 0 Å². The van der Waals surface area contributed by atoms with Gasteiger partial charge < -0.3 is 10.4 Å². The first-order valence-corrected chi connectivity index (χ1v) is 6.67. The van der Waals surface area contributed by atoms with Gasteiger partial charge in [0.2, 0.25) is 0 Å². The molecule has 3 rings (SSSR count). The number of hydrogen-bond acceptors (Lipinski definition) is 2. The summed E-state index contributed by atoms with van der Waals surface area (Å²) >= 11 is 12.0. The molecular weight excluding hydrogens is 273 g/mol. The zero-order chi connectivity index (χ0) is 13.0. The molecule has 1 aromatic carbocycles. The number of piperidine rings is 1. The standard InChI is InChI=1S/C13H13Cl2NO2/c14-9-2-1-8(5-10(9)15)12-3-4-16-7-13(12,6-12)11(17)18/h1-2,5,16H,3-4,6-7H2,(H,17,18). The first kappa shape index (κ1) is 12.3. The number of hydrogen-bond donors (Lipinski definition) is 2. The normalized spacial score (nSPS) is 33.9. The Bertz CT molecular complexity index is 534. The number of fused-ring (bicyclic) bond motifs is 1. The maximum atomic E-state index is 11.5. The minimum absolute atomic E-state index is 0.266. The molecule has 2 fully saturated rings. The fourth-order valence-corrected chi connectivity index (χ4v) is 3.60. The van der Waals surface area contributed by atoms with Crippen LogP contribution in [0.1, 0.15) is 18.4 Å². The van der Waals surface area contributed by atoms with Crippen molar-refractivity contribution in [2.75, 3.05) is 13.1 Å². The zero-order valence-corrected chi connectivity index (χ0v) is 11.2. The van der Waals surface area contributed by atoms with Crippen molar-refractivity contribution in [1.82, 2.24) is 5.32 Å². The molecule has 2 aliphatic rings. The number of aliphatic carboxylic acids is 1. The van der Waals surface area contributed by atoms with Gasteiger partial charge in [0.1, 0.15) is 0 Å². The quantitative estimate of drug-likeness (QED) is 0.878. The largest absolute Gasteiger partial charge is 0.481 e. The Hall–Kier alpha value is -0.770. The van der Waals surface area contributed by atoms with E-state index in [1.807, 2.05) is 12.1 Å². The van der Waals surface area contributed by atoms with E-state index in [1.54, 1.807) is 6.07 Å². The molecule has 1 heterocycles. The van der Waals surface area contributed by atoms with E-state index in [4.69, 9.17) is 23.2 Å². The Morgan fingerprint density at radius 2 is 2.11 bits per heavy atom. The van der Waals surface area contributed by atoms with E-state index in [1.165, 1.54) is 0 Å². The van der Waals surface area contributed by atoms with Crippen molar-refractivity contribution in [2.24, 2.45) is 5.41 Å². The van der Waals surface area contributed by atoms with Crippen molar-refractivity contribution in [1.29, 1.82) is 0 Å². The van der Waals surface area contributed by atoms with Gasteiger partial charge in [-0.2, -0.15) is 0 Å². The number of rotatable bonds is 2. The molecule has 96 valence electrons. The first-order chi connectivity index (χ1) is 8.52. The monoisotopic (exact) mass is 285 g/mol. The Kier molecular flexibility index (Phi) is 2.63. The molecule has 2 N–H and O–H groups in total. The van der Waals surface area contributed by atoms with Crippen LogP contribution in [0.5, 0.6) is 0 Å². The summed E-state index contributed by atoms with van der Waals surface area (Å²) in [4.78, 5) is 11.5. The van der Waals surface area contributed by atoms with Crippen LogP contribution < -0.4 is 5.32 Å². The van der Waals surface area contributed by atoms with Crippen LogP contribution in [0.4, 0.5) is 0 Å². The maximum Gasteiger partial charge on any atom is 0.311 e. The predicted molar refractivity (Wildman–Crippen MR) is 70.3 cm³/mol. The highest BCUT2D eigenvalue weighted by atomic mass is 35.5. The molecule has 0 amide bonds. The molecule has 2 unspecified atom stereocenters. The van der Waals surface area contributed by atoms with Crippen molar-refractivity contribution in [3.8, 4) is 0 Å². The lowest BCUT2D eigenvalue weighted by molar-refractivity contribution is -0.144. The zero-order valence-electron chi connectivity index (χ0n) is 9.67. The highest BCUT2D eigenvalue weighted by Crippen LogP contribution is 2.68. The Balaban J connectivity index is 2.05. The van der Waals surface area contributed by atoms with Crippen LogP contribution >= 0.6 is 23.2 Å². The summed E-state index contributed by atoms with van der Waals surface area (Å²) in [5.41, 5.74) is 0.0709. The topological polar surface area (TPSA) is 49.3 Å². The summed E-state index contributed by atoms with van der Waals surface area (Å²) in [6.07, 6.45) is 1.51. The van der Waals surface area contributed by atoms with Crippen LogP contribution in [0.15, 0.2) is 18.2 Å². The average Bonchev–Trinajstić information content (AvgIpc) is 3.04. The summed E-state index contributed by atoms with van der Waals surface area (Å²) < 4.78 is 0. The highest BCUT2D eigenvalue weighted by molar-refractivity contribution is 6.42. The summed E-state index contributed by atoms with van der Waals surface area (Å²) in [5.74, 6) is -0.722. The van der Waals surface area contributed by atoms with E-state index in [2.05, 4.69) is 5.32 Å². The minimum atomic E-state index is -0.722. The lowest BCUT2D eigenvalue weighted by Crippen LogP contribution is -2.42. The Morgan fingerprint density at radius 1 is 1.33 bits per heavy atom. The van der Waals surface area contributed by atoms with E-state index in [9.17, 15) is 9.90 Å². The first-order valence-electron chi connectivity index (χ1n) is 5.92. The molecular formula is C13H13Cl2NO2. The van der Waals surface area contributed by atoms with Crippen molar-refractivity contribution >= 4 is 29.2 Å². The summed E-state index contributed by atoms with van der Waals surface area (Å²) in [5, 5.41) is 13.7. The third-order valence-corrected chi connectivity index (χ3v) is 5.17. The number of nitrogens with one attached hydrogen (secondary N) is 1. The Labute approximate surface area is 115 Å². The molecule has 0 aromatic heterocycles. The van der Waals surface area contributed by atoms with E-state index in [0.29, 0.717) is 23.0 Å². The third-order valence-electron chi connectivity index (χ3n) is 4.43. The van der Waals surface area contributed by atoms with Crippen LogP contribution in [-0.4, -0.2) is 24.2 Å². The number of carboxylic acid groups (broad SMARTS) is 1. The van der Waals surface area contributed by atoms with Gasteiger partial charge in [0, 0.05) is 12.0 Å². The molecule has 1 aliphatic carbocycles. The van der Waals surface area contributed by atoms with Crippen LogP contribution in [0.2, 0.25) is 10.0 Å². The molecule has 0 spiro atoms. The fourth-order valence-electron chi connectivity index (χ4n) is 3.31. The molecule has 18 heavy (non-hydrogen) atoms. The number of carbonyl (C=O) groups is 1. The minimum Gasteiger partial charge on any atom is -0.481 e. The SMILES string of the molecule is O=C(O)C12CNCCC1(c1ccc(Cl)c(Cl)c1)C2. The van der Waals surface area contributed by atoms with Gasteiger partial charge in [-0.1, -0.05) is 29.3 Å². The molecule has 1 saturated heterocycles. The van der Waals surface area contributed by atoms with Crippen LogP contribution in [0.3, 0.4) is 0 Å². The third kappa shape index (κ3) is 1.44. The molecule has 0 radical (unpaired) electrons. The number of halogens is 2. The summed E-state index contributed by atoms with van der Waals surface area (Å²) in [6.45, 7) is 1.37. The van der Waals surface area contributed by atoms with Gasteiger partial charge in [-0.3, -0.25) is 4.79 Å². The van der Waals surface area contributed by atoms with E-state index in [-0.39, 0.29) is 5.41 Å². The summed E-state index contributed by atoms with van der Waals surface area (Å²) in [6, 6.07) is 5.48. The second-order valence-corrected chi connectivity index (χ2v) is 6.02. The number of benzene rings is 1. The van der Waals surface area contributed by atoms with Crippen molar-refractivity contribution in [2.45, 2.75) is 18.3 Å². The van der Waals surface area contributed by atoms with Crippen molar-refractivity contribution < 1.29 is 9.90 Å². The second-order valence-electron chi connectivity index (χ2n) is 5.20. The van der Waals surface area contributed by atoms with Gasteiger partial charge in [0.15, 0.2) is 0 Å². The van der Waals surface area contributed by atoms with Crippen LogP contribution in [-0.2, 0) is 10.2 Å². The molecule has 1 saturated carbocycles. The van der Waals surface area contributed by atoms with Gasteiger partial charge in [0.25, 0.3) is 0 Å². The maximum absolute atomic E-state index is 11.5. The lowest BCUT2D eigenvalue weighted by Gasteiger charge is -2.29. The molecule has 5 heteroatoms. The molecule has 1 aliphatic heterocycles. The smallest absolute Gasteiger partial charge is 0.311 e. The van der Waals surface area contributed by atoms with Gasteiger partial charge in [-0.15, -0.1) is 0 Å². The van der Waals surface area contributed by atoms with Crippen molar-refractivity contribution in [3.05, 3.63) is 33.8 Å². The summed E-state index contributed by atoms with van der Waals surface area (Å²) in [7, 11) is 0. The van der Waals surface area contributed by atoms with E-state index >= 15 is 0 Å². The predicted octanol–water partition coefficient (Wildman–Crippen LogP) is 2.70. The average molecular weight is 286 g/mol. The molecule has 0 bridgehead atoms. The van der Waals surface area contributed by atoms with E-state index < -0.39 is 11.4 Å². The second kappa shape index (κ2) is 3.86. The van der Waals surface area contributed by atoms with E-state index in [0.717, 1.165) is 18.5 Å². The van der Waals surface area contributed by atoms with Gasteiger partial charge in [-0.05, 0) is 37.1 Å². The molecule has 3 nitrogen and oxygen atoms in total. The Morgan fingerprint density at radius 3 is 2.78 bits per heavy atom. The molecule has 2 atom stereocenters. The highest BCUT2D eigenvalue weighted by Gasteiger charge is 2.73. The van der Waals surface area contributed by atoms with Crippen molar-refractivity contribution in [3.63, 3.8) is 0 Å². The van der Waals surface area contributed by atoms with Gasteiger partial charge >= 0.3 is 5.97 Å². The lowest BCUT2D eigenvalue weighted by atomic mass is 9.81. The van der Waals surface area contributed by atoms with Crippen LogP contribution in [0.25, 0.3) is 0 Å². The van der Waals surface area contributed by atoms with Gasteiger partial charge in [0.05, 0.1) is 15.5 Å². The fraction of sp³-hybridized carbons (Fsp3) is 0.462. The molecule has 1 aromatic rings.